The summed E-state index contributed by atoms with van der Waals surface area (Å²) in [5, 5.41) is 3.01. The van der Waals surface area contributed by atoms with Crippen LogP contribution in [-0.4, -0.2) is 7.05 Å². The topological polar surface area (TPSA) is 25.2 Å². The van der Waals surface area contributed by atoms with E-state index >= 15 is 0 Å². The lowest BCUT2D eigenvalue weighted by molar-refractivity contribution is 0.456. The van der Waals surface area contributed by atoms with E-state index in [4.69, 9.17) is 4.42 Å². The summed E-state index contributed by atoms with van der Waals surface area (Å²) in [4.78, 5) is 0. The third kappa shape index (κ3) is 2.36. The molecule has 17 heavy (non-hydrogen) atoms. The van der Waals surface area contributed by atoms with Crippen LogP contribution in [-0.2, 0) is 0 Å². The number of hydrogen-bond donors (Lipinski definition) is 1. The first kappa shape index (κ1) is 11.8. The Balaban J connectivity index is 2.40. The molecule has 2 rings (SSSR count). The molecule has 2 aromatic rings. The molecule has 90 valence electrons. The first-order valence-electron chi connectivity index (χ1n) is 5.34. The number of furan rings is 1. The Labute approximate surface area is 98.3 Å². The zero-order chi connectivity index (χ0) is 12.4. The van der Waals surface area contributed by atoms with Gasteiger partial charge in [-0.2, -0.15) is 0 Å². The van der Waals surface area contributed by atoms with Crippen molar-refractivity contribution in [1.29, 1.82) is 0 Å². The molecule has 0 fully saturated rings. The van der Waals surface area contributed by atoms with E-state index in [2.05, 4.69) is 5.32 Å². The van der Waals surface area contributed by atoms with E-state index in [9.17, 15) is 8.78 Å². The average molecular weight is 237 g/mol. The summed E-state index contributed by atoms with van der Waals surface area (Å²) in [5.74, 6) is 0.0377. The Morgan fingerprint density at radius 1 is 1.18 bits per heavy atom. The lowest BCUT2D eigenvalue weighted by atomic mass is 10.1. The maximum Gasteiger partial charge on any atom is 0.137 e. The standard InChI is InChI=1S/C13H13F2NO/c1-8(16-2)12-5-6-13(17-12)10-7-9(14)3-4-11(10)15/h3-8,16H,1-2H3. The maximum atomic E-state index is 13.5. The van der Waals surface area contributed by atoms with E-state index in [1.54, 1.807) is 19.2 Å². The lowest BCUT2D eigenvalue weighted by Crippen LogP contribution is -2.11. The first-order valence-corrected chi connectivity index (χ1v) is 5.34. The van der Waals surface area contributed by atoms with Crippen molar-refractivity contribution in [3.63, 3.8) is 0 Å². The average Bonchev–Trinajstić information content (AvgIpc) is 2.80. The molecule has 0 bridgehead atoms. The SMILES string of the molecule is CNC(C)c1ccc(-c2cc(F)ccc2F)o1. The van der Waals surface area contributed by atoms with Gasteiger partial charge in [0.25, 0.3) is 0 Å². The highest BCUT2D eigenvalue weighted by atomic mass is 19.1. The second-order valence-electron chi connectivity index (χ2n) is 3.84. The minimum Gasteiger partial charge on any atom is -0.459 e. The summed E-state index contributed by atoms with van der Waals surface area (Å²) < 4.78 is 32.0. The van der Waals surface area contributed by atoms with Gasteiger partial charge in [-0.15, -0.1) is 0 Å². The molecule has 1 unspecified atom stereocenters. The van der Waals surface area contributed by atoms with Gasteiger partial charge in [0.05, 0.1) is 11.6 Å². The van der Waals surface area contributed by atoms with E-state index in [1.165, 1.54) is 0 Å². The van der Waals surface area contributed by atoms with E-state index < -0.39 is 11.6 Å². The zero-order valence-electron chi connectivity index (χ0n) is 9.63. The van der Waals surface area contributed by atoms with Crippen LogP contribution in [0.25, 0.3) is 11.3 Å². The van der Waals surface area contributed by atoms with Crippen LogP contribution in [0.3, 0.4) is 0 Å². The van der Waals surface area contributed by atoms with Crippen LogP contribution in [0.1, 0.15) is 18.7 Å². The molecule has 4 heteroatoms. The molecule has 1 aromatic heterocycles. The number of benzene rings is 1. The minimum absolute atomic E-state index is 0.0281. The van der Waals surface area contributed by atoms with Gasteiger partial charge in [0.2, 0.25) is 0 Å². The van der Waals surface area contributed by atoms with E-state index in [-0.39, 0.29) is 11.6 Å². The minimum atomic E-state index is -0.496. The molecular weight excluding hydrogens is 224 g/mol. The van der Waals surface area contributed by atoms with E-state index in [0.717, 1.165) is 18.2 Å². The molecule has 0 amide bonds. The van der Waals surface area contributed by atoms with Gasteiger partial charge < -0.3 is 9.73 Å². The summed E-state index contributed by atoms with van der Waals surface area (Å²) in [6, 6.07) is 6.72. The van der Waals surface area contributed by atoms with Crippen LogP contribution in [0, 0.1) is 11.6 Å². The van der Waals surface area contributed by atoms with Gasteiger partial charge in [-0.05, 0) is 44.3 Å². The fourth-order valence-corrected chi connectivity index (χ4v) is 1.56. The number of rotatable bonds is 3. The quantitative estimate of drug-likeness (QED) is 0.883. The fourth-order valence-electron chi connectivity index (χ4n) is 1.56. The molecule has 1 atom stereocenters. The smallest absolute Gasteiger partial charge is 0.137 e. The molecule has 1 heterocycles. The Morgan fingerprint density at radius 3 is 2.65 bits per heavy atom. The summed E-state index contributed by atoms with van der Waals surface area (Å²) in [6.07, 6.45) is 0. The number of hydrogen-bond acceptors (Lipinski definition) is 2. The van der Waals surface area contributed by atoms with Crippen molar-refractivity contribution >= 4 is 0 Å². The number of halogens is 2. The third-order valence-electron chi connectivity index (χ3n) is 2.68. The Hall–Kier alpha value is -1.68. The van der Waals surface area contributed by atoms with E-state index in [0.29, 0.717) is 11.5 Å². The van der Waals surface area contributed by atoms with Crippen molar-refractivity contribution in [3.8, 4) is 11.3 Å². The molecule has 0 spiro atoms. The van der Waals surface area contributed by atoms with Crippen LogP contribution in [0.5, 0.6) is 0 Å². The van der Waals surface area contributed by atoms with E-state index in [1.807, 2.05) is 6.92 Å². The van der Waals surface area contributed by atoms with Gasteiger partial charge in [0.1, 0.15) is 23.2 Å². The second-order valence-corrected chi connectivity index (χ2v) is 3.84. The summed E-state index contributed by atoms with van der Waals surface area (Å²) in [5.41, 5.74) is 0.138. The molecule has 2 nitrogen and oxygen atoms in total. The van der Waals surface area contributed by atoms with Crippen LogP contribution >= 0.6 is 0 Å². The summed E-state index contributed by atoms with van der Waals surface area (Å²) in [6.45, 7) is 1.92. The van der Waals surface area contributed by atoms with Gasteiger partial charge in [-0.25, -0.2) is 8.78 Å². The molecular formula is C13H13F2NO. The zero-order valence-corrected chi connectivity index (χ0v) is 9.63. The molecule has 0 radical (unpaired) electrons. The molecule has 1 aromatic carbocycles. The van der Waals surface area contributed by atoms with Crippen LogP contribution < -0.4 is 5.32 Å². The molecule has 0 aliphatic heterocycles. The normalized spacial score (nSPS) is 12.7. The number of nitrogens with one attached hydrogen (secondary N) is 1. The van der Waals surface area contributed by atoms with Crippen LogP contribution in [0.2, 0.25) is 0 Å². The van der Waals surface area contributed by atoms with Crippen molar-refractivity contribution in [3.05, 3.63) is 47.7 Å². The molecule has 0 aliphatic carbocycles. The van der Waals surface area contributed by atoms with Crippen LogP contribution in [0.15, 0.2) is 34.7 Å². The van der Waals surface area contributed by atoms with Crippen molar-refractivity contribution in [2.24, 2.45) is 0 Å². The highest BCUT2D eigenvalue weighted by Crippen LogP contribution is 2.27. The Bertz CT molecular complexity index is 522. The monoisotopic (exact) mass is 237 g/mol. The predicted molar refractivity (Wildman–Crippen MR) is 61.5 cm³/mol. The maximum absolute atomic E-state index is 13.5. The third-order valence-corrected chi connectivity index (χ3v) is 2.68. The highest BCUT2D eigenvalue weighted by molar-refractivity contribution is 5.58. The molecule has 1 N–H and O–H groups in total. The Morgan fingerprint density at radius 2 is 1.94 bits per heavy atom. The largest absolute Gasteiger partial charge is 0.459 e. The van der Waals surface area contributed by atoms with Gasteiger partial charge in [-0.3, -0.25) is 0 Å². The van der Waals surface area contributed by atoms with Gasteiger partial charge in [0.15, 0.2) is 0 Å². The van der Waals surface area contributed by atoms with Gasteiger partial charge in [0, 0.05) is 0 Å². The second kappa shape index (κ2) is 4.67. The summed E-state index contributed by atoms with van der Waals surface area (Å²) >= 11 is 0. The predicted octanol–water partition coefficient (Wildman–Crippen LogP) is 3.51. The highest BCUT2D eigenvalue weighted by Gasteiger charge is 2.13. The fraction of sp³-hybridized carbons (Fsp3) is 0.231. The summed E-state index contributed by atoms with van der Waals surface area (Å²) in [7, 11) is 1.80. The molecule has 0 saturated carbocycles. The van der Waals surface area contributed by atoms with Crippen molar-refractivity contribution < 1.29 is 13.2 Å². The molecule has 0 aliphatic rings. The van der Waals surface area contributed by atoms with Crippen molar-refractivity contribution in [2.45, 2.75) is 13.0 Å². The Kier molecular flexibility index (Phi) is 3.24. The first-order chi connectivity index (χ1) is 8.11. The van der Waals surface area contributed by atoms with Crippen molar-refractivity contribution in [1.82, 2.24) is 5.32 Å². The molecule has 0 saturated heterocycles. The van der Waals surface area contributed by atoms with Crippen LogP contribution in [0.4, 0.5) is 8.78 Å². The van der Waals surface area contributed by atoms with Gasteiger partial charge in [-0.1, -0.05) is 0 Å². The van der Waals surface area contributed by atoms with Gasteiger partial charge >= 0.3 is 0 Å². The lowest BCUT2D eigenvalue weighted by Gasteiger charge is -2.05. The van der Waals surface area contributed by atoms with Crippen molar-refractivity contribution in [2.75, 3.05) is 7.05 Å².